The molecule has 0 unspecified atom stereocenters. The SMILES string of the molecule is CNCc1csc(S(=O)(=O)N(C)CCN(C)C)c1. The van der Waals surface area contributed by atoms with Gasteiger partial charge in [0.15, 0.2) is 0 Å². The second-order valence-corrected chi connectivity index (χ2v) is 7.62. The van der Waals surface area contributed by atoms with Gasteiger partial charge in [0.25, 0.3) is 10.0 Å². The zero-order valence-corrected chi connectivity index (χ0v) is 12.9. The minimum atomic E-state index is -3.33. The quantitative estimate of drug-likeness (QED) is 0.801. The normalized spacial score (nSPS) is 12.6. The molecule has 0 atom stereocenters. The van der Waals surface area contributed by atoms with Crippen molar-refractivity contribution in [1.82, 2.24) is 14.5 Å². The molecule has 0 fully saturated rings. The number of sulfonamides is 1. The summed E-state index contributed by atoms with van der Waals surface area (Å²) in [6, 6.07) is 1.74. The zero-order valence-electron chi connectivity index (χ0n) is 11.3. The Morgan fingerprint density at radius 3 is 2.50 bits per heavy atom. The standard InChI is InChI=1S/C11H21N3O2S2/c1-12-8-10-7-11(17-9-10)18(15,16)14(4)6-5-13(2)3/h7,9,12H,5-6,8H2,1-4H3. The van der Waals surface area contributed by atoms with Gasteiger partial charge >= 0.3 is 0 Å². The van der Waals surface area contributed by atoms with E-state index in [4.69, 9.17) is 0 Å². The summed E-state index contributed by atoms with van der Waals surface area (Å²) < 4.78 is 26.3. The largest absolute Gasteiger partial charge is 0.316 e. The molecule has 0 aromatic carbocycles. The van der Waals surface area contributed by atoms with Crippen LogP contribution >= 0.6 is 11.3 Å². The van der Waals surface area contributed by atoms with Gasteiger partial charge in [-0.25, -0.2) is 8.42 Å². The first-order chi connectivity index (χ1) is 8.37. The Bertz CT molecular complexity index is 468. The molecule has 7 heteroatoms. The molecule has 18 heavy (non-hydrogen) atoms. The first-order valence-corrected chi connectivity index (χ1v) is 8.03. The average molecular weight is 291 g/mol. The number of rotatable bonds is 7. The molecule has 1 N–H and O–H groups in total. The molecule has 0 saturated carbocycles. The summed E-state index contributed by atoms with van der Waals surface area (Å²) in [6.07, 6.45) is 0. The van der Waals surface area contributed by atoms with E-state index in [2.05, 4.69) is 5.32 Å². The van der Waals surface area contributed by atoms with E-state index >= 15 is 0 Å². The predicted octanol–water partition coefficient (Wildman–Crippen LogP) is 0.650. The fraction of sp³-hybridized carbons (Fsp3) is 0.636. The van der Waals surface area contributed by atoms with Crippen LogP contribution in [0.5, 0.6) is 0 Å². The van der Waals surface area contributed by atoms with Gasteiger partial charge in [-0.05, 0) is 38.2 Å². The van der Waals surface area contributed by atoms with E-state index < -0.39 is 10.0 Å². The van der Waals surface area contributed by atoms with Crippen LogP contribution in [0.1, 0.15) is 5.56 Å². The third-order valence-corrected chi connectivity index (χ3v) is 5.86. The van der Waals surface area contributed by atoms with Crippen molar-refractivity contribution in [3.63, 3.8) is 0 Å². The summed E-state index contributed by atoms with van der Waals surface area (Å²) in [4.78, 5) is 1.97. The van der Waals surface area contributed by atoms with Gasteiger partial charge in [0.05, 0.1) is 0 Å². The van der Waals surface area contributed by atoms with Crippen LogP contribution in [0.2, 0.25) is 0 Å². The first kappa shape index (κ1) is 15.6. The molecule has 1 aromatic rings. The Morgan fingerprint density at radius 2 is 1.94 bits per heavy atom. The van der Waals surface area contributed by atoms with Gasteiger partial charge in [0, 0.05) is 26.7 Å². The van der Waals surface area contributed by atoms with E-state index in [0.29, 0.717) is 23.8 Å². The molecule has 0 bridgehead atoms. The van der Waals surface area contributed by atoms with Crippen LogP contribution in [0.4, 0.5) is 0 Å². The number of nitrogens with one attached hydrogen (secondary N) is 1. The molecular formula is C11H21N3O2S2. The number of hydrogen-bond acceptors (Lipinski definition) is 5. The summed E-state index contributed by atoms with van der Waals surface area (Å²) in [5.41, 5.74) is 1.00. The molecule has 0 amide bonds. The Kier molecular flexibility index (Phi) is 5.74. The second kappa shape index (κ2) is 6.63. The van der Waals surface area contributed by atoms with Crippen LogP contribution < -0.4 is 5.32 Å². The van der Waals surface area contributed by atoms with Crippen molar-refractivity contribution < 1.29 is 8.42 Å². The van der Waals surface area contributed by atoms with Gasteiger partial charge in [-0.1, -0.05) is 0 Å². The Morgan fingerprint density at radius 1 is 1.28 bits per heavy atom. The predicted molar refractivity (Wildman–Crippen MR) is 75.5 cm³/mol. The molecule has 0 saturated heterocycles. The highest BCUT2D eigenvalue weighted by Gasteiger charge is 2.22. The number of hydrogen-bond donors (Lipinski definition) is 1. The average Bonchev–Trinajstić information content (AvgIpc) is 2.75. The third-order valence-electron chi connectivity index (χ3n) is 2.54. The summed E-state index contributed by atoms with van der Waals surface area (Å²) in [5.74, 6) is 0. The molecule has 0 radical (unpaired) electrons. The van der Waals surface area contributed by atoms with E-state index in [1.807, 2.05) is 31.4 Å². The lowest BCUT2D eigenvalue weighted by Gasteiger charge is -2.18. The maximum absolute atomic E-state index is 12.3. The fourth-order valence-electron chi connectivity index (χ4n) is 1.40. The lowest BCUT2D eigenvalue weighted by molar-refractivity contribution is 0.359. The van der Waals surface area contributed by atoms with Crippen LogP contribution in [-0.2, 0) is 16.6 Å². The molecule has 0 spiro atoms. The summed E-state index contributed by atoms with van der Waals surface area (Å²) in [5, 5.41) is 4.89. The summed E-state index contributed by atoms with van der Waals surface area (Å²) in [7, 11) is 3.98. The lowest BCUT2D eigenvalue weighted by atomic mass is 10.3. The molecular weight excluding hydrogens is 270 g/mol. The lowest BCUT2D eigenvalue weighted by Crippen LogP contribution is -2.33. The maximum Gasteiger partial charge on any atom is 0.252 e. The minimum absolute atomic E-state index is 0.411. The van der Waals surface area contributed by atoms with Crippen molar-refractivity contribution in [3.05, 3.63) is 17.0 Å². The van der Waals surface area contributed by atoms with E-state index in [9.17, 15) is 8.42 Å². The van der Waals surface area contributed by atoms with Crippen molar-refractivity contribution in [2.75, 3.05) is 41.3 Å². The number of thiophene rings is 1. The molecule has 1 rings (SSSR count). The topological polar surface area (TPSA) is 52.7 Å². The third kappa shape index (κ3) is 4.03. The number of likely N-dealkylation sites (N-methyl/N-ethyl adjacent to an activating group) is 2. The second-order valence-electron chi connectivity index (χ2n) is 4.43. The highest BCUT2D eigenvalue weighted by atomic mass is 32.2. The fourth-order valence-corrected chi connectivity index (χ4v) is 3.98. The Hall–Kier alpha value is -0.470. The van der Waals surface area contributed by atoms with Crippen LogP contribution in [0, 0.1) is 0 Å². The molecule has 5 nitrogen and oxygen atoms in total. The smallest absolute Gasteiger partial charge is 0.252 e. The number of nitrogens with zero attached hydrogens (tertiary/aromatic N) is 2. The van der Waals surface area contributed by atoms with Crippen LogP contribution in [0.25, 0.3) is 0 Å². The van der Waals surface area contributed by atoms with Crippen molar-refractivity contribution in [3.8, 4) is 0 Å². The molecule has 104 valence electrons. The van der Waals surface area contributed by atoms with Crippen molar-refractivity contribution >= 4 is 21.4 Å². The van der Waals surface area contributed by atoms with E-state index in [1.165, 1.54) is 15.6 Å². The van der Waals surface area contributed by atoms with Gasteiger partial charge in [0.1, 0.15) is 4.21 Å². The first-order valence-electron chi connectivity index (χ1n) is 5.71. The van der Waals surface area contributed by atoms with Gasteiger partial charge < -0.3 is 10.2 Å². The molecule has 1 heterocycles. The van der Waals surface area contributed by atoms with Gasteiger partial charge in [-0.2, -0.15) is 4.31 Å². The van der Waals surface area contributed by atoms with Gasteiger partial charge in [-0.15, -0.1) is 11.3 Å². The highest BCUT2D eigenvalue weighted by molar-refractivity contribution is 7.91. The van der Waals surface area contributed by atoms with E-state index in [1.54, 1.807) is 13.1 Å². The molecule has 0 aliphatic rings. The van der Waals surface area contributed by atoms with Crippen LogP contribution in [0.3, 0.4) is 0 Å². The summed E-state index contributed by atoms with van der Waals surface area (Å²) in [6.45, 7) is 1.90. The molecule has 0 aliphatic carbocycles. The Labute approximate surface area is 113 Å². The molecule has 0 aliphatic heterocycles. The zero-order chi connectivity index (χ0) is 13.8. The summed E-state index contributed by atoms with van der Waals surface area (Å²) >= 11 is 1.28. The van der Waals surface area contributed by atoms with E-state index in [-0.39, 0.29) is 0 Å². The minimum Gasteiger partial charge on any atom is -0.316 e. The van der Waals surface area contributed by atoms with Crippen molar-refractivity contribution in [1.29, 1.82) is 0 Å². The van der Waals surface area contributed by atoms with Gasteiger partial charge in [-0.3, -0.25) is 0 Å². The van der Waals surface area contributed by atoms with Gasteiger partial charge in [0.2, 0.25) is 0 Å². The van der Waals surface area contributed by atoms with Crippen molar-refractivity contribution in [2.24, 2.45) is 0 Å². The highest BCUT2D eigenvalue weighted by Crippen LogP contribution is 2.23. The van der Waals surface area contributed by atoms with Crippen LogP contribution in [0.15, 0.2) is 15.7 Å². The van der Waals surface area contributed by atoms with Crippen LogP contribution in [-0.4, -0.2) is 58.9 Å². The molecule has 1 aromatic heterocycles. The monoisotopic (exact) mass is 291 g/mol. The van der Waals surface area contributed by atoms with Crippen molar-refractivity contribution in [2.45, 2.75) is 10.8 Å². The van der Waals surface area contributed by atoms with E-state index in [0.717, 1.165) is 5.56 Å². The Balaban J connectivity index is 2.77. The maximum atomic E-state index is 12.3.